The standard InChI is InChI=1S/C23H18Cl2N2OS/c1-2-11-26-23(28)14-7-10-21-19(12-14)27-22(16-9-8-15(24)13-18(16)25)17-5-3-4-6-20(17)29-21/h3-10,12-13H,2,11H2,1H3,(H,26,28). The van der Waals surface area contributed by atoms with Crippen LogP contribution in [-0.2, 0) is 0 Å². The molecule has 0 aromatic heterocycles. The van der Waals surface area contributed by atoms with E-state index in [2.05, 4.69) is 11.4 Å². The molecule has 0 atom stereocenters. The number of hydrogen-bond acceptors (Lipinski definition) is 3. The van der Waals surface area contributed by atoms with E-state index in [0.717, 1.165) is 38.7 Å². The predicted octanol–water partition coefficient (Wildman–Crippen LogP) is 6.77. The summed E-state index contributed by atoms with van der Waals surface area (Å²) < 4.78 is 0. The van der Waals surface area contributed by atoms with Crippen molar-refractivity contribution in [3.05, 3.63) is 87.4 Å². The Morgan fingerprint density at radius 1 is 1.00 bits per heavy atom. The molecule has 29 heavy (non-hydrogen) atoms. The van der Waals surface area contributed by atoms with Gasteiger partial charge in [-0.2, -0.15) is 0 Å². The van der Waals surface area contributed by atoms with Crippen LogP contribution >= 0.6 is 35.0 Å². The van der Waals surface area contributed by atoms with Crippen LogP contribution in [0.5, 0.6) is 0 Å². The third-order valence-electron chi connectivity index (χ3n) is 4.54. The van der Waals surface area contributed by atoms with Gasteiger partial charge in [-0.05, 0) is 48.9 Å². The van der Waals surface area contributed by atoms with Gasteiger partial charge in [0, 0.05) is 38.0 Å². The van der Waals surface area contributed by atoms with Gasteiger partial charge in [0.1, 0.15) is 0 Å². The first-order valence-electron chi connectivity index (χ1n) is 9.30. The number of amides is 1. The number of halogens is 2. The minimum absolute atomic E-state index is 0.0947. The summed E-state index contributed by atoms with van der Waals surface area (Å²) in [5, 5.41) is 4.03. The molecule has 0 fully saturated rings. The lowest BCUT2D eigenvalue weighted by atomic mass is 10.0. The van der Waals surface area contributed by atoms with Crippen LogP contribution in [0.15, 0.2) is 75.4 Å². The second-order valence-electron chi connectivity index (χ2n) is 6.62. The van der Waals surface area contributed by atoms with Crippen molar-refractivity contribution in [1.82, 2.24) is 5.32 Å². The number of nitrogens with one attached hydrogen (secondary N) is 1. The van der Waals surface area contributed by atoms with Gasteiger partial charge in [0.05, 0.1) is 16.4 Å². The van der Waals surface area contributed by atoms with E-state index in [1.54, 1.807) is 17.8 Å². The SMILES string of the molecule is CCCNC(=O)c1ccc2c(c1)N=C(c1ccc(Cl)cc1Cl)c1ccccc1S2. The fourth-order valence-electron chi connectivity index (χ4n) is 3.11. The van der Waals surface area contributed by atoms with E-state index >= 15 is 0 Å². The van der Waals surface area contributed by atoms with Crippen molar-refractivity contribution >= 4 is 52.3 Å². The quantitative estimate of drug-likeness (QED) is 0.380. The Kier molecular flexibility index (Phi) is 5.95. The number of rotatable bonds is 4. The van der Waals surface area contributed by atoms with Crippen LogP contribution in [0.1, 0.15) is 34.8 Å². The van der Waals surface area contributed by atoms with Crippen molar-refractivity contribution in [3.63, 3.8) is 0 Å². The van der Waals surface area contributed by atoms with Gasteiger partial charge in [-0.3, -0.25) is 4.79 Å². The Labute approximate surface area is 184 Å². The normalized spacial score (nSPS) is 12.4. The molecule has 1 heterocycles. The van der Waals surface area contributed by atoms with Crippen LogP contribution in [0.3, 0.4) is 0 Å². The van der Waals surface area contributed by atoms with Crippen LogP contribution in [-0.4, -0.2) is 18.2 Å². The van der Waals surface area contributed by atoms with Crippen LogP contribution in [0, 0.1) is 0 Å². The fourth-order valence-corrected chi connectivity index (χ4v) is 4.61. The minimum Gasteiger partial charge on any atom is -0.352 e. The van der Waals surface area contributed by atoms with E-state index in [1.165, 1.54) is 0 Å². The number of carbonyl (C=O) groups is 1. The second-order valence-corrected chi connectivity index (χ2v) is 8.55. The molecule has 146 valence electrons. The highest BCUT2D eigenvalue weighted by Crippen LogP contribution is 2.42. The number of carbonyl (C=O) groups excluding carboxylic acids is 1. The molecule has 1 aliphatic rings. The van der Waals surface area contributed by atoms with Crippen LogP contribution < -0.4 is 5.32 Å². The van der Waals surface area contributed by atoms with Gasteiger partial charge in [-0.15, -0.1) is 0 Å². The molecule has 0 saturated heterocycles. The minimum atomic E-state index is -0.0947. The Morgan fingerprint density at radius 3 is 2.62 bits per heavy atom. The van der Waals surface area contributed by atoms with E-state index in [4.69, 9.17) is 28.2 Å². The maximum Gasteiger partial charge on any atom is 0.251 e. The van der Waals surface area contributed by atoms with Gasteiger partial charge < -0.3 is 5.32 Å². The summed E-state index contributed by atoms with van der Waals surface area (Å²) in [7, 11) is 0. The second kappa shape index (κ2) is 8.62. The molecule has 0 unspecified atom stereocenters. The third-order valence-corrected chi connectivity index (χ3v) is 6.23. The molecule has 0 radical (unpaired) electrons. The molecule has 4 rings (SSSR count). The maximum absolute atomic E-state index is 12.4. The van der Waals surface area contributed by atoms with Crippen molar-refractivity contribution in [2.75, 3.05) is 6.54 Å². The van der Waals surface area contributed by atoms with Gasteiger partial charge in [-0.1, -0.05) is 60.1 Å². The molecular formula is C23H18Cl2N2OS. The molecule has 1 N–H and O–H groups in total. The maximum atomic E-state index is 12.4. The van der Waals surface area contributed by atoms with E-state index in [0.29, 0.717) is 22.2 Å². The molecule has 1 amide bonds. The number of hydrogen-bond donors (Lipinski definition) is 1. The molecule has 3 aromatic carbocycles. The van der Waals surface area contributed by atoms with Crippen molar-refractivity contribution in [2.24, 2.45) is 4.99 Å². The number of fused-ring (bicyclic) bond motifs is 2. The van der Waals surface area contributed by atoms with Crippen LogP contribution in [0.2, 0.25) is 10.0 Å². The lowest BCUT2D eigenvalue weighted by Gasteiger charge is -2.10. The molecule has 0 saturated carbocycles. The van der Waals surface area contributed by atoms with E-state index in [1.807, 2.05) is 55.5 Å². The van der Waals surface area contributed by atoms with E-state index < -0.39 is 0 Å². The Bertz CT molecular complexity index is 1130. The lowest BCUT2D eigenvalue weighted by molar-refractivity contribution is 0.0953. The average Bonchev–Trinajstić information content (AvgIpc) is 2.88. The summed E-state index contributed by atoms with van der Waals surface area (Å²) in [6.45, 7) is 2.67. The van der Waals surface area contributed by atoms with E-state index in [9.17, 15) is 4.79 Å². The monoisotopic (exact) mass is 440 g/mol. The Hall–Kier alpha value is -2.27. The highest BCUT2D eigenvalue weighted by atomic mass is 35.5. The summed E-state index contributed by atoms with van der Waals surface area (Å²) >= 11 is 14.2. The first-order valence-corrected chi connectivity index (χ1v) is 10.9. The van der Waals surface area contributed by atoms with Crippen LogP contribution in [0.4, 0.5) is 5.69 Å². The number of nitrogens with zero attached hydrogens (tertiary/aromatic N) is 1. The van der Waals surface area contributed by atoms with Gasteiger partial charge in [0.15, 0.2) is 0 Å². The molecule has 0 bridgehead atoms. The summed E-state index contributed by atoms with van der Waals surface area (Å²) in [6.07, 6.45) is 0.888. The molecule has 3 aromatic rings. The molecule has 0 spiro atoms. The first kappa shape index (κ1) is 20.0. The summed E-state index contributed by atoms with van der Waals surface area (Å²) in [5.74, 6) is -0.0947. The van der Waals surface area contributed by atoms with Gasteiger partial charge in [-0.25, -0.2) is 4.99 Å². The van der Waals surface area contributed by atoms with Crippen molar-refractivity contribution in [2.45, 2.75) is 23.1 Å². The molecule has 6 heteroatoms. The molecule has 1 aliphatic heterocycles. The van der Waals surface area contributed by atoms with Crippen LogP contribution in [0.25, 0.3) is 0 Å². The first-order chi connectivity index (χ1) is 14.1. The van der Waals surface area contributed by atoms with Gasteiger partial charge >= 0.3 is 0 Å². The van der Waals surface area contributed by atoms with Gasteiger partial charge in [0.2, 0.25) is 0 Å². The highest BCUT2D eigenvalue weighted by molar-refractivity contribution is 7.99. The third kappa shape index (κ3) is 4.20. The van der Waals surface area contributed by atoms with Gasteiger partial charge in [0.25, 0.3) is 5.91 Å². The van der Waals surface area contributed by atoms with E-state index in [-0.39, 0.29) is 5.91 Å². The summed E-state index contributed by atoms with van der Waals surface area (Å²) in [6, 6.07) is 19.1. The molecule has 3 nitrogen and oxygen atoms in total. The Morgan fingerprint density at radius 2 is 1.83 bits per heavy atom. The Balaban J connectivity index is 1.87. The molecular weight excluding hydrogens is 423 g/mol. The van der Waals surface area contributed by atoms with Crippen molar-refractivity contribution in [1.29, 1.82) is 0 Å². The zero-order valence-electron chi connectivity index (χ0n) is 15.7. The zero-order valence-corrected chi connectivity index (χ0v) is 18.0. The smallest absolute Gasteiger partial charge is 0.251 e. The van der Waals surface area contributed by atoms with Crippen molar-refractivity contribution in [3.8, 4) is 0 Å². The summed E-state index contributed by atoms with van der Waals surface area (Å²) in [4.78, 5) is 19.5. The number of aliphatic imine (C=N–C) groups is 1. The highest BCUT2D eigenvalue weighted by Gasteiger charge is 2.21. The fraction of sp³-hybridized carbons (Fsp3) is 0.130. The summed E-state index contributed by atoms with van der Waals surface area (Å²) in [5.41, 5.74) is 3.90. The predicted molar refractivity (Wildman–Crippen MR) is 121 cm³/mol. The van der Waals surface area contributed by atoms with Crippen molar-refractivity contribution < 1.29 is 4.79 Å². The lowest BCUT2D eigenvalue weighted by Crippen LogP contribution is -2.23. The topological polar surface area (TPSA) is 41.5 Å². The number of benzene rings is 3. The average molecular weight is 441 g/mol. The molecule has 0 aliphatic carbocycles. The largest absolute Gasteiger partial charge is 0.352 e. The zero-order chi connectivity index (χ0) is 20.4.